The lowest BCUT2D eigenvalue weighted by atomic mass is 10.3. The van der Waals surface area contributed by atoms with Crippen LogP contribution in [-0.4, -0.2) is 29.1 Å². The first-order valence-electron chi connectivity index (χ1n) is 3.30. The summed E-state index contributed by atoms with van der Waals surface area (Å²) in [6.07, 6.45) is 3.50. The molecule has 1 heterocycles. The van der Waals surface area contributed by atoms with Crippen LogP contribution in [0, 0.1) is 0 Å². The Morgan fingerprint density at radius 2 is 1.83 bits per heavy atom. The Hall–Kier alpha value is -0.945. The van der Waals surface area contributed by atoms with E-state index in [1.54, 1.807) is 12.4 Å². The molecule has 5 nitrogen and oxygen atoms in total. The lowest BCUT2D eigenvalue weighted by molar-refractivity contribution is 0.191. The van der Waals surface area contributed by atoms with E-state index in [4.69, 9.17) is 10.0 Å². The molecular formula is C6H11BN2O3. The van der Waals surface area contributed by atoms with Gasteiger partial charge in [-0.15, -0.1) is 0 Å². The zero-order valence-electron chi connectivity index (χ0n) is 6.50. The molecule has 1 rings (SSSR count). The smallest absolute Gasteiger partial charge is 0.402 e. The van der Waals surface area contributed by atoms with Crippen LogP contribution in [0.1, 0.15) is 0 Å². The van der Waals surface area contributed by atoms with E-state index < -0.39 is 7.32 Å². The first-order chi connectivity index (χ1) is 5.77. The fourth-order valence-corrected chi connectivity index (χ4v) is 0.399. The zero-order valence-corrected chi connectivity index (χ0v) is 6.50. The highest BCUT2D eigenvalue weighted by Crippen LogP contribution is 1.73. The van der Waals surface area contributed by atoms with E-state index in [1.807, 2.05) is 18.2 Å². The van der Waals surface area contributed by atoms with E-state index in [-0.39, 0.29) is 6.73 Å². The summed E-state index contributed by atoms with van der Waals surface area (Å²) in [4.78, 5) is 3.78. The third-order valence-corrected chi connectivity index (χ3v) is 0.812. The van der Waals surface area contributed by atoms with Gasteiger partial charge in [-0.3, -0.25) is 4.98 Å². The normalized spacial score (nSPS) is 8.25. The van der Waals surface area contributed by atoms with Crippen LogP contribution in [0.25, 0.3) is 0 Å². The van der Waals surface area contributed by atoms with Crippen LogP contribution in [-0.2, 0) is 4.65 Å². The van der Waals surface area contributed by atoms with Crippen LogP contribution in [0.2, 0.25) is 0 Å². The molecule has 1 aromatic rings. The lowest BCUT2D eigenvalue weighted by Crippen LogP contribution is -2.21. The second-order valence-corrected chi connectivity index (χ2v) is 1.68. The van der Waals surface area contributed by atoms with Crippen molar-refractivity contribution < 1.29 is 14.7 Å². The van der Waals surface area contributed by atoms with Crippen molar-refractivity contribution in [3.63, 3.8) is 0 Å². The van der Waals surface area contributed by atoms with Gasteiger partial charge >= 0.3 is 7.32 Å². The number of aromatic nitrogens is 1. The summed E-state index contributed by atoms with van der Waals surface area (Å²) >= 11 is 0. The van der Waals surface area contributed by atoms with Crippen molar-refractivity contribution in [3.05, 3.63) is 30.6 Å². The zero-order chi connectivity index (χ0) is 9.23. The molecule has 66 valence electrons. The second-order valence-electron chi connectivity index (χ2n) is 1.68. The Morgan fingerprint density at radius 1 is 1.25 bits per heavy atom. The molecule has 0 spiro atoms. The van der Waals surface area contributed by atoms with Gasteiger partial charge in [0.15, 0.2) is 0 Å². The molecule has 0 aliphatic heterocycles. The van der Waals surface area contributed by atoms with E-state index >= 15 is 0 Å². The number of pyridine rings is 1. The van der Waals surface area contributed by atoms with E-state index in [9.17, 15) is 0 Å². The van der Waals surface area contributed by atoms with Gasteiger partial charge in [0.2, 0.25) is 0 Å². The molecule has 0 saturated heterocycles. The number of nitrogens with zero attached hydrogens (tertiary/aromatic N) is 1. The highest BCUT2D eigenvalue weighted by molar-refractivity contribution is 6.32. The first kappa shape index (κ1) is 11.1. The maximum absolute atomic E-state index is 7.81. The van der Waals surface area contributed by atoms with E-state index in [1.165, 1.54) is 0 Å². The average molecular weight is 170 g/mol. The van der Waals surface area contributed by atoms with Crippen molar-refractivity contribution in [1.29, 1.82) is 0 Å². The van der Waals surface area contributed by atoms with Crippen LogP contribution in [0.15, 0.2) is 30.6 Å². The quantitative estimate of drug-likeness (QED) is 0.390. The van der Waals surface area contributed by atoms with E-state index in [0.717, 1.165) is 0 Å². The Labute approximate surface area is 71.0 Å². The molecule has 6 heteroatoms. The molecule has 0 bridgehead atoms. The Balaban J connectivity index is 0.000000202. The van der Waals surface area contributed by atoms with Crippen molar-refractivity contribution in [2.24, 2.45) is 5.73 Å². The monoisotopic (exact) mass is 170 g/mol. The Bertz CT molecular complexity index is 147. The molecule has 4 N–H and O–H groups in total. The third kappa shape index (κ3) is 9.05. The highest BCUT2D eigenvalue weighted by Gasteiger charge is 2.03. The van der Waals surface area contributed by atoms with Crippen LogP contribution in [0.3, 0.4) is 0 Å². The number of hydrogen-bond acceptors (Lipinski definition) is 5. The Kier molecular flexibility index (Phi) is 7.51. The SMILES string of the molecule is NCOB(O)O.c1ccncc1. The maximum Gasteiger partial charge on any atom is 0.634 e. The predicted molar refractivity (Wildman–Crippen MR) is 44.6 cm³/mol. The van der Waals surface area contributed by atoms with Crippen LogP contribution in [0.4, 0.5) is 0 Å². The molecule has 0 atom stereocenters. The van der Waals surface area contributed by atoms with Gasteiger partial charge in [0.05, 0.1) is 6.73 Å². The van der Waals surface area contributed by atoms with Crippen molar-refractivity contribution >= 4 is 7.32 Å². The topological polar surface area (TPSA) is 88.6 Å². The fraction of sp³-hybridized carbons (Fsp3) is 0.167. The summed E-state index contributed by atoms with van der Waals surface area (Å²) in [6.45, 7) is -0.169. The molecule has 0 radical (unpaired) electrons. The molecule has 0 aliphatic carbocycles. The minimum atomic E-state index is -1.73. The van der Waals surface area contributed by atoms with Gasteiger partial charge in [-0.1, -0.05) is 6.07 Å². The van der Waals surface area contributed by atoms with Crippen molar-refractivity contribution in [1.82, 2.24) is 4.98 Å². The van der Waals surface area contributed by atoms with Gasteiger partial charge < -0.3 is 20.4 Å². The third-order valence-electron chi connectivity index (χ3n) is 0.812. The minimum Gasteiger partial charge on any atom is -0.402 e. The van der Waals surface area contributed by atoms with Gasteiger partial charge in [0, 0.05) is 12.4 Å². The first-order valence-corrected chi connectivity index (χ1v) is 3.30. The van der Waals surface area contributed by atoms with Crippen molar-refractivity contribution in [3.8, 4) is 0 Å². The minimum absolute atomic E-state index is 0.169. The summed E-state index contributed by atoms with van der Waals surface area (Å²) in [5.74, 6) is 0. The summed E-state index contributed by atoms with van der Waals surface area (Å²) in [5.41, 5.74) is 4.69. The molecule has 12 heavy (non-hydrogen) atoms. The van der Waals surface area contributed by atoms with Crippen LogP contribution < -0.4 is 5.73 Å². The predicted octanol–water partition coefficient (Wildman–Crippen LogP) is -1.03. The second kappa shape index (κ2) is 8.15. The molecule has 0 saturated carbocycles. The molecule has 1 aromatic heterocycles. The highest BCUT2D eigenvalue weighted by atomic mass is 16.6. The van der Waals surface area contributed by atoms with Gasteiger partial charge in [-0.2, -0.15) is 0 Å². The number of rotatable bonds is 2. The fourth-order valence-electron chi connectivity index (χ4n) is 0.399. The number of nitrogens with two attached hydrogens (primary N) is 1. The standard InChI is InChI=1S/C5H5N.CH6BNO3/c1-2-4-6-5-3-1;3-1-6-2(4)5/h1-5H;4-5H,1,3H2. The van der Waals surface area contributed by atoms with Gasteiger partial charge in [-0.05, 0) is 12.1 Å². The van der Waals surface area contributed by atoms with Gasteiger partial charge in [0.1, 0.15) is 0 Å². The maximum atomic E-state index is 7.81. The molecule has 0 unspecified atom stereocenters. The summed E-state index contributed by atoms with van der Waals surface area (Å²) in [7, 11) is -1.73. The van der Waals surface area contributed by atoms with Gasteiger partial charge in [0.25, 0.3) is 0 Å². The number of hydrogen-bond donors (Lipinski definition) is 3. The molecule has 0 aliphatic rings. The molecule has 0 fully saturated rings. The molecule has 0 amide bonds. The van der Waals surface area contributed by atoms with Crippen LogP contribution in [0.5, 0.6) is 0 Å². The summed E-state index contributed by atoms with van der Waals surface area (Å²) in [5, 5.41) is 15.6. The Morgan fingerprint density at radius 3 is 1.92 bits per heavy atom. The molecular weight excluding hydrogens is 159 g/mol. The summed E-state index contributed by atoms with van der Waals surface area (Å²) in [6, 6.07) is 5.72. The largest absolute Gasteiger partial charge is 0.634 e. The van der Waals surface area contributed by atoms with E-state index in [0.29, 0.717) is 0 Å². The van der Waals surface area contributed by atoms with Crippen molar-refractivity contribution in [2.45, 2.75) is 0 Å². The summed E-state index contributed by atoms with van der Waals surface area (Å²) < 4.78 is 3.93. The average Bonchev–Trinajstić information content (AvgIpc) is 2.08. The molecule has 0 aromatic carbocycles. The lowest BCUT2D eigenvalue weighted by Gasteiger charge is -1.91. The van der Waals surface area contributed by atoms with E-state index in [2.05, 4.69) is 15.4 Å². The van der Waals surface area contributed by atoms with Crippen molar-refractivity contribution in [2.75, 3.05) is 6.73 Å². The van der Waals surface area contributed by atoms with Gasteiger partial charge in [-0.25, -0.2) is 0 Å². The van der Waals surface area contributed by atoms with Crippen LogP contribution >= 0.6 is 0 Å².